The van der Waals surface area contributed by atoms with Crippen molar-refractivity contribution in [2.24, 2.45) is 5.92 Å². The van der Waals surface area contributed by atoms with Gasteiger partial charge in [-0.2, -0.15) is 5.26 Å². The minimum Gasteiger partial charge on any atom is -0.469 e. The zero-order valence-corrected chi connectivity index (χ0v) is 18.8. The molecule has 174 valence electrons. The topological polar surface area (TPSA) is 130 Å². The molecular formula is C25H25N5O4. The van der Waals surface area contributed by atoms with Crippen molar-refractivity contribution < 1.29 is 18.7 Å². The van der Waals surface area contributed by atoms with E-state index in [1.54, 1.807) is 24.3 Å². The summed E-state index contributed by atoms with van der Waals surface area (Å²) in [5.41, 5.74) is 3.05. The van der Waals surface area contributed by atoms with E-state index < -0.39 is 5.91 Å². The number of ether oxygens (including phenoxy) is 1. The number of amides is 1. The van der Waals surface area contributed by atoms with E-state index in [1.807, 2.05) is 30.3 Å². The van der Waals surface area contributed by atoms with Crippen molar-refractivity contribution in [2.75, 3.05) is 17.7 Å². The molecule has 0 aliphatic heterocycles. The van der Waals surface area contributed by atoms with Gasteiger partial charge in [-0.15, -0.1) is 5.10 Å². The van der Waals surface area contributed by atoms with Gasteiger partial charge in [0.15, 0.2) is 0 Å². The second-order valence-corrected chi connectivity index (χ2v) is 8.30. The molecule has 1 amide bonds. The average molecular weight is 460 g/mol. The predicted molar refractivity (Wildman–Crippen MR) is 124 cm³/mol. The minimum absolute atomic E-state index is 0.0769. The van der Waals surface area contributed by atoms with E-state index in [4.69, 9.17) is 14.4 Å². The molecule has 34 heavy (non-hydrogen) atoms. The molecule has 2 N–H and O–H groups in total. The summed E-state index contributed by atoms with van der Waals surface area (Å²) >= 11 is 0. The number of carbonyl (C=O) groups excluding carboxylic acids is 2. The Morgan fingerprint density at radius 2 is 1.71 bits per heavy atom. The van der Waals surface area contributed by atoms with Crippen molar-refractivity contribution >= 4 is 29.3 Å². The molecular weight excluding hydrogens is 434 g/mol. The van der Waals surface area contributed by atoms with Gasteiger partial charge >= 0.3 is 23.8 Å². The molecule has 9 nitrogen and oxygen atoms in total. The van der Waals surface area contributed by atoms with Gasteiger partial charge in [0.1, 0.15) is 0 Å². The van der Waals surface area contributed by atoms with E-state index in [9.17, 15) is 9.59 Å². The number of rotatable bonds is 7. The quantitative estimate of drug-likeness (QED) is 0.483. The highest BCUT2D eigenvalue weighted by Crippen LogP contribution is 2.37. The molecule has 3 aromatic rings. The Labute approximate surface area is 197 Å². The Morgan fingerprint density at radius 1 is 1.03 bits per heavy atom. The standard InChI is InChI=1S/C25H25N5O4/c1-33-22(31)14-16-2-6-18(7-3-16)19-8-12-20(13-9-19)27-23(32)24-29-30-25(34-24)28-21-10-4-17(15-26)5-11-21/h4-5,8-13,16,18H,2-3,6-7,14H2,1H3,(H,27,32)(H,28,30). The summed E-state index contributed by atoms with van der Waals surface area (Å²) < 4.78 is 10.2. The zero-order valence-electron chi connectivity index (χ0n) is 18.8. The van der Waals surface area contributed by atoms with Crippen molar-refractivity contribution in [3.8, 4) is 6.07 Å². The van der Waals surface area contributed by atoms with Crippen LogP contribution in [0.5, 0.6) is 0 Å². The smallest absolute Gasteiger partial charge is 0.320 e. The van der Waals surface area contributed by atoms with Crippen LogP contribution in [-0.2, 0) is 9.53 Å². The lowest BCUT2D eigenvalue weighted by Crippen LogP contribution is -2.17. The number of nitrogens with one attached hydrogen (secondary N) is 2. The van der Waals surface area contributed by atoms with E-state index in [0.29, 0.717) is 35.2 Å². The van der Waals surface area contributed by atoms with Crippen LogP contribution in [0.25, 0.3) is 0 Å². The number of carbonyl (C=O) groups is 2. The Morgan fingerprint density at radius 3 is 2.35 bits per heavy atom. The first-order chi connectivity index (χ1) is 16.5. The predicted octanol–water partition coefficient (Wildman–Crippen LogP) is 4.77. The summed E-state index contributed by atoms with van der Waals surface area (Å²) in [4.78, 5) is 24.0. The van der Waals surface area contributed by atoms with Gasteiger partial charge in [0.2, 0.25) is 0 Å². The highest BCUT2D eigenvalue weighted by molar-refractivity contribution is 6.00. The van der Waals surface area contributed by atoms with E-state index in [-0.39, 0.29) is 17.9 Å². The monoisotopic (exact) mass is 459 g/mol. The number of nitrogens with zero attached hydrogens (tertiary/aromatic N) is 3. The lowest BCUT2D eigenvalue weighted by Gasteiger charge is -2.28. The summed E-state index contributed by atoms with van der Waals surface area (Å²) in [6, 6.07) is 16.6. The van der Waals surface area contributed by atoms with Gasteiger partial charge in [-0.05, 0) is 79.5 Å². The second kappa shape index (κ2) is 10.6. The molecule has 1 saturated carbocycles. The van der Waals surface area contributed by atoms with Crippen LogP contribution in [0.15, 0.2) is 52.9 Å². The largest absolute Gasteiger partial charge is 0.469 e. The summed E-state index contributed by atoms with van der Waals surface area (Å²) in [5, 5.41) is 22.2. The van der Waals surface area contributed by atoms with Crippen molar-refractivity contribution in [3.05, 3.63) is 65.5 Å². The van der Waals surface area contributed by atoms with E-state index >= 15 is 0 Å². The number of methoxy groups -OCH3 is 1. The first-order valence-corrected chi connectivity index (χ1v) is 11.1. The molecule has 1 aliphatic carbocycles. The lowest BCUT2D eigenvalue weighted by molar-refractivity contribution is -0.142. The van der Waals surface area contributed by atoms with Gasteiger partial charge in [-0.25, -0.2) is 0 Å². The molecule has 0 saturated heterocycles. The van der Waals surface area contributed by atoms with E-state index in [2.05, 4.69) is 20.8 Å². The molecule has 0 radical (unpaired) electrons. The van der Waals surface area contributed by atoms with Gasteiger partial charge in [-0.1, -0.05) is 17.2 Å². The summed E-state index contributed by atoms with van der Waals surface area (Å²) in [7, 11) is 1.43. The summed E-state index contributed by atoms with van der Waals surface area (Å²) in [5.74, 6) is 0.0425. The van der Waals surface area contributed by atoms with Crippen molar-refractivity contribution in [2.45, 2.75) is 38.0 Å². The van der Waals surface area contributed by atoms with Crippen molar-refractivity contribution in [1.82, 2.24) is 10.2 Å². The average Bonchev–Trinajstić information content (AvgIpc) is 3.34. The number of anilines is 3. The van der Waals surface area contributed by atoms with E-state index in [0.717, 1.165) is 25.7 Å². The third kappa shape index (κ3) is 5.78. The van der Waals surface area contributed by atoms with Crippen LogP contribution in [0.4, 0.5) is 17.4 Å². The first kappa shape index (κ1) is 23.0. The fourth-order valence-electron chi connectivity index (χ4n) is 4.16. The maximum absolute atomic E-state index is 12.5. The van der Waals surface area contributed by atoms with Crippen LogP contribution in [0.3, 0.4) is 0 Å². The minimum atomic E-state index is -0.503. The fourth-order valence-corrected chi connectivity index (χ4v) is 4.16. The molecule has 1 aromatic heterocycles. The molecule has 0 spiro atoms. The third-order valence-electron chi connectivity index (χ3n) is 6.05. The molecule has 1 aliphatic rings. The number of esters is 1. The molecule has 0 unspecified atom stereocenters. The maximum Gasteiger partial charge on any atom is 0.320 e. The molecule has 1 heterocycles. The van der Waals surface area contributed by atoms with Gasteiger partial charge in [-0.3, -0.25) is 9.59 Å². The third-order valence-corrected chi connectivity index (χ3v) is 6.05. The Hall–Kier alpha value is -4.19. The normalized spacial score (nSPS) is 17.4. The molecule has 9 heteroatoms. The molecule has 1 fully saturated rings. The van der Waals surface area contributed by atoms with Crippen molar-refractivity contribution in [1.29, 1.82) is 5.26 Å². The van der Waals surface area contributed by atoms with Crippen LogP contribution in [0.1, 0.15) is 59.8 Å². The SMILES string of the molecule is COC(=O)CC1CCC(c2ccc(NC(=O)c3nnc(Nc4ccc(C#N)cc4)o3)cc2)CC1. The van der Waals surface area contributed by atoms with Gasteiger partial charge in [0.05, 0.1) is 18.7 Å². The highest BCUT2D eigenvalue weighted by Gasteiger charge is 2.24. The summed E-state index contributed by atoms with van der Waals surface area (Å²) in [6.45, 7) is 0. The molecule has 4 rings (SSSR count). The number of nitriles is 1. The second-order valence-electron chi connectivity index (χ2n) is 8.30. The van der Waals surface area contributed by atoms with Crippen LogP contribution in [-0.4, -0.2) is 29.2 Å². The lowest BCUT2D eigenvalue weighted by atomic mass is 9.77. The number of hydrogen-bond donors (Lipinski definition) is 2. The zero-order chi connectivity index (χ0) is 23.9. The van der Waals surface area contributed by atoms with Crippen LogP contribution >= 0.6 is 0 Å². The van der Waals surface area contributed by atoms with Gasteiger partial charge in [0, 0.05) is 17.8 Å². The maximum atomic E-state index is 12.5. The van der Waals surface area contributed by atoms with Gasteiger partial charge in [0.25, 0.3) is 0 Å². The molecule has 0 bridgehead atoms. The molecule has 0 atom stereocenters. The van der Waals surface area contributed by atoms with Crippen LogP contribution < -0.4 is 10.6 Å². The van der Waals surface area contributed by atoms with E-state index in [1.165, 1.54) is 12.7 Å². The Kier molecular flexibility index (Phi) is 7.18. The summed E-state index contributed by atoms with van der Waals surface area (Å²) in [6.07, 6.45) is 4.58. The Bertz CT molecular complexity index is 1170. The number of benzene rings is 2. The van der Waals surface area contributed by atoms with Crippen LogP contribution in [0, 0.1) is 17.2 Å². The van der Waals surface area contributed by atoms with Gasteiger partial charge < -0.3 is 19.8 Å². The number of aromatic nitrogens is 2. The molecule has 2 aromatic carbocycles. The first-order valence-electron chi connectivity index (χ1n) is 11.1. The number of hydrogen-bond acceptors (Lipinski definition) is 8. The Balaban J connectivity index is 1.29. The fraction of sp³-hybridized carbons (Fsp3) is 0.320. The highest BCUT2D eigenvalue weighted by atomic mass is 16.5. The van der Waals surface area contributed by atoms with Crippen LogP contribution in [0.2, 0.25) is 0 Å². The van der Waals surface area contributed by atoms with Crippen molar-refractivity contribution in [3.63, 3.8) is 0 Å².